The Morgan fingerprint density at radius 1 is 1.40 bits per heavy atom. The number of fused-ring (bicyclic) bond motifs is 1. The lowest BCUT2D eigenvalue weighted by Crippen LogP contribution is -2.10. The molecule has 0 saturated heterocycles. The fourth-order valence-electron chi connectivity index (χ4n) is 1.93. The Hall–Kier alpha value is -1.84. The molecule has 1 aromatic heterocycles. The zero-order valence-corrected chi connectivity index (χ0v) is 8.21. The van der Waals surface area contributed by atoms with Crippen molar-refractivity contribution in [3.63, 3.8) is 0 Å². The third-order valence-corrected chi connectivity index (χ3v) is 2.67. The lowest BCUT2D eigenvalue weighted by atomic mass is 10.0. The number of benzene rings is 1. The SMILES string of the molecule is c1ccc2c(c1)OCC2Cn1cncn1. The van der Waals surface area contributed by atoms with Crippen LogP contribution in [0, 0.1) is 0 Å². The molecule has 1 aliphatic heterocycles. The van der Waals surface area contributed by atoms with E-state index in [1.54, 1.807) is 12.7 Å². The predicted octanol–water partition coefficient (Wildman–Crippen LogP) is 1.45. The highest BCUT2D eigenvalue weighted by molar-refractivity contribution is 5.39. The van der Waals surface area contributed by atoms with Crippen molar-refractivity contribution in [1.82, 2.24) is 14.8 Å². The summed E-state index contributed by atoms with van der Waals surface area (Å²) < 4.78 is 7.44. The fraction of sp³-hybridized carbons (Fsp3) is 0.273. The van der Waals surface area contributed by atoms with Gasteiger partial charge in [-0.2, -0.15) is 5.10 Å². The van der Waals surface area contributed by atoms with Crippen LogP contribution in [0.3, 0.4) is 0 Å². The van der Waals surface area contributed by atoms with E-state index in [0.29, 0.717) is 5.92 Å². The van der Waals surface area contributed by atoms with Gasteiger partial charge in [-0.15, -0.1) is 0 Å². The molecule has 0 fully saturated rings. The van der Waals surface area contributed by atoms with Crippen LogP contribution in [0.25, 0.3) is 0 Å². The molecular weight excluding hydrogens is 190 g/mol. The van der Waals surface area contributed by atoms with Crippen LogP contribution in [0.4, 0.5) is 0 Å². The summed E-state index contributed by atoms with van der Waals surface area (Å²) in [5.41, 5.74) is 1.27. The van der Waals surface area contributed by atoms with Gasteiger partial charge in [0, 0.05) is 11.5 Å². The lowest BCUT2D eigenvalue weighted by Gasteiger charge is -2.07. The van der Waals surface area contributed by atoms with Crippen molar-refractivity contribution in [2.75, 3.05) is 6.61 Å². The molecule has 0 radical (unpaired) electrons. The molecule has 76 valence electrons. The summed E-state index contributed by atoms with van der Waals surface area (Å²) in [6, 6.07) is 8.17. The quantitative estimate of drug-likeness (QED) is 0.738. The van der Waals surface area contributed by atoms with Crippen molar-refractivity contribution in [2.24, 2.45) is 0 Å². The standard InChI is InChI=1S/C11H11N3O/c1-2-4-11-10(3-1)9(6-15-11)5-14-8-12-7-13-14/h1-4,7-9H,5-6H2. The Morgan fingerprint density at radius 2 is 2.33 bits per heavy atom. The van der Waals surface area contributed by atoms with Crippen LogP contribution in [-0.4, -0.2) is 21.4 Å². The average Bonchev–Trinajstić information content (AvgIpc) is 2.89. The minimum absolute atomic E-state index is 0.392. The topological polar surface area (TPSA) is 39.9 Å². The maximum atomic E-state index is 5.60. The van der Waals surface area contributed by atoms with Gasteiger partial charge in [0.15, 0.2) is 0 Å². The van der Waals surface area contributed by atoms with Crippen LogP contribution in [0.5, 0.6) is 5.75 Å². The third-order valence-electron chi connectivity index (χ3n) is 2.67. The third kappa shape index (κ3) is 1.48. The van der Waals surface area contributed by atoms with Gasteiger partial charge in [-0.1, -0.05) is 18.2 Å². The Kier molecular flexibility index (Phi) is 1.91. The Labute approximate surface area is 87.5 Å². The number of aromatic nitrogens is 3. The molecule has 0 amide bonds. The molecule has 1 unspecified atom stereocenters. The van der Waals surface area contributed by atoms with E-state index in [9.17, 15) is 0 Å². The second-order valence-electron chi connectivity index (χ2n) is 3.66. The monoisotopic (exact) mass is 201 g/mol. The smallest absolute Gasteiger partial charge is 0.137 e. The summed E-state index contributed by atoms with van der Waals surface area (Å²) in [7, 11) is 0. The van der Waals surface area contributed by atoms with Gasteiger partial charge in [0.25, 0.3) is 0 Å². The van der Waals surface area contributed by atoms with Gasteiger partial charge in [-0.05, 0) is 6.07 Å². The van der Waals surface area contributed by atoms with E-state index in [2.05, 4.69) is 16.1 Å². The Balaban J connectivity index is 1.85. The summed E-state index contributed by atoms with van der Waals surface area (Å²) in [4.78, 5) is 3.93. The minimum atomic E-state index is 0.392. The van der Waals surface area contributed by atoms with E-state index in [-0.39, 0.29) is 0 Å². The van der Waals surface area contributed by atoms with Gasteiger partial charge in [-0.3, -0.25) is 4.68 Å². The maximum absolute atomic E-state index is 5.60. The summed E-state index contributed by atoms with van der Waals surface area (Å²) in [5, 5.41) is 4.10. The molecule has 4 heteroatoms. The van der Waals surface area contributed by atoms with E-state index in [1.807, 2.05) is 22.9 Å². The van der Waals surface area contributed by atoms with Crippen molar-refractivity contribution in [3.05, 3.63) is 42.5 Å². The molecule has 15 heavy (non-hydrogen) atoms. The number of hydrogen-bond donors (Lipinski definition) is 0. The van der Waals surface area contributed by atoms with Crippen LogP contribution in [0.15, 0.2) is 36.9 Å². The van der Waals surface area contributed by atoms with Gasteiger partial charge in [0.2, 0.25) is 0 Å². The number of nitrogens with zero attached hydrogens (tertiary/aromatic N) is 3. The van der Waals surface area contributed by atoms with Gasteiger partial charge in [-0.25, -0.2) is 4.98 Å². The van der Waals surface area contributed by atoms with E-state index in [0.717, 1.165) is 18.9 Å². The minimum Gasteiger partial charge on any atom is -0.493 e. The number of hydrogen-bond acceptors (Lipinski definition) is 3. The van der Waals surface area contributed by atoms with Crippen molar-refractivity contribution in [1.29, 1.82) is 0 Å². The molecular formula is C11H11N3O. The van der Waals surface area contributed by atoms with Crippen LogP contribution in [-0.2, 0) is 6.54 Å². The first-order valence-corrected chi connectivity index (χ1v) is 4.97. The lowest BCUT2D eigenvalue weighted by molar-refractivity contribution is 0.315. The summed E-state index contributed by atoms with van der Waals surface area (Å²) >= 11 is 0. The highest BCUT2D eigenvalue weighted by atomic mass is 16.5. The molecule has 2 aromatic rings. The molecule has 0 aliphatic carbocycles. The van der Waals surface area contributed by atoms with Crippen molar-refractivity contribution in [3.8, 4) is 5.75 Å². The Bertz CT molecular complexity index is 453. The molecule has 0 saturated carbocycles. The molecule has 3 rings (SSSR count). The first kappa shape index (κ1) is 8.47. The molecule has 1 atom stereocenters. The second-order valence-corrected chi connectivity index (χ2v) is 3.66. The van der Waals surface area contributed by atoms with Gasteiger partial charge in [0.05, 0.1) is 13.2 Å². The van der Waals surface area contributed by atoms with E-state index < -0.39 is 0 Å². The van der Waals surface area contributed by atoms with Gasteiger partial charge < -0.3 is 4.74 Å². The number of para-hydroxylation sites is 1. The van der Waals surface area contributed by atoms with Crippen LogP contribution < -0.4 is 4.74 Å². The fourth-order valence-corrected chi connectivity index (χ4v) is 1.93. The molecule has 2 heterocycles. The molecule has 4 nitrogen and oxygen atoms in total. The van der Waals surface area contributed by atoms with Crippen molar-refractivity contribution < 1.29 is 4.74 Å². The maximum Gasteiger partial charge on any atom is 0.137 e. The number of rotatable bonds is 2. The average molecular weight is 201 g/mol. The predicted molar refractivity (Wildman–Crippen MR) is 54.7 cm³/mol. The zero-order chi connectivity index (χ0) is 10.1. The molecule has 0 N–H and O–H groups in total. The van der Waals surface area contributed by atoms with E-state index in [4.69, 9.17) is 4.74 Å². The first-order chi connectivity index (χ1) is 7.43. The summed E-state index contributed by atoms with van der Waals surface area (Å²) in [5.74, 6) is 1.39. The first-order valence-electron chi connectivity index (χ1n) is 4.97. The second kappa shape index (κ2) is 3.38. The largest absolute Gasteiger partial charge is 0.493 e. The van der Waals surface area contributed by atoms with Crippen LogP contribution in [0.2, 0.25) is 0 Å². The molecule has 0 bridgehead atoms. The van der Waals surface area contributed by atoms with Gasteiger partial charge >= 0.3 is 0 Å². The van der Waals surface area contributed by atoms with Crippen LogP contribution in [0.1, 0.15) is 11.5 Å². The Morgan fingerprint density at radius 3 is 3.20 bits per heavy atom. The number of ether oxygens (including phenoxy) is 1. The summed E-state index contributed by atoms with van der Waals surface area (Å²) in [6.07, 6.45) is 3.29. The normalized spacial score (nSPS) is 18.5. The van der Waals surface area contributed by atoms with Crippen LogP contribution >= 0.6 is 0 Å². The van der Waals surface area contributed by atoms with E-state index >= 15 is 0 Å². The molecule has 1 aliphatic rings. The zero-order valence-electron chi connectivity index (χ0n) is 8.21. The van der Waals surface area contributed by atoms with Gasteiger partial charge in [0.1, 0.15) is 18.4 Å². The molecule has 0 spiro atoms. The van der Waals surface area contributed by atoms with Crippen molar-refractivity contribution >= 4 is 0 Å². The highest BCUT2D eigenvalue weighted by Gasteiger charge is 2.23. The highest BCUT2D eigenvalue weighted by Crippen LogP contribution is 2.33. The van der Waals surface area contributed by atoms with E-state index in [1.165, 1.54) is 5.56 Å². The molecule has 1 aromatic carbocycles. The van der Waals surface area contributed by atoms with Crippen molar-refractivity contribution in [2.45, 2.75) is 12.5 Å². The summed E-state index contributed by atoms with van der Waals surface area (Å²) in [6.45, 7) is 1.57.